The normalized spacial score (nSPS) is 10.9. The minimum absolute atomic E-state index is 0.512. The molecule has 0 amide bonds. The molecule has 0 unspecified atom stereocenters. The predicted molar refractivity (Wildman–Crippen MR) is 25.6 cm³/mol. The molecule has 2 N–H and O–H groups in total. The fraction of sp³-hybridized carbons (Fsp3) is 0. The van der Waals surface area contributed by atoms with Gasteiger partial charge in [0.2, 0.25) is 0 Å². The van der Waals surface area contributed by atoms with E-state index in [1.165, 1.54) is 0 Å². The van der Waals surface area contributed by atoms with Gasteiger partial charge in [0.25, 0.3) is 0 Å². The van der Waals surface area contributed by atoms with Gasteiger partial charge in [-0.1, -0.05) is 0 Å². The molecule has 46 valence electrons. The second kappa shape index (κ2) is 3.03. The van der Waals surface area contributed by atoms with Crippen molar-refractivity contribution in [1.82, 2.24) is 0 Å². The lowest BCUT2D eigenvalue weighted by Gasteiger charge is -1.82. The van der Waals surface area contributed by atoms with Crippen LogP contribution in [0.1, 0.15) is 0 Å². The molecule has 0 spiro atoms. The van der Waals surface area contributed by atoms with Crippen molar-refractivity contribution in [3.63, 3.8) is 0 Å². The van der Waals surface area contributed by atoms with Crippen LogP contribution in [0.5, 0.6) is 0 Å². The second-order valence-corrected chi connectivity index (χ2v) is 1.11. The van der Waals surface area contributed by atoms with Crippen molar-refractivity contribution in [1.29, 1.82) is 0 Å². The van der Waals surface area contributed by atoms with Crippen molar-refractivity contribution < 1.29 is 10.0 Å². The van der Waals surface area contributed by atoms with E-state index in [2.05, 4.69) is 15.8 Å². The third-order valence-electron chi connectivity index (χ3n) is 0.195. The van der Waals surface area contributed by atoms with Gasteiger partial charge in [-0.2, -0.15) is 4.94 Å². The maximum absolute atomic E-state index is 9.27. The Morgan fingerprint density at radius 3 is 2.62 bits per heavy atom. The first kappa shape index (κ1) is 6.96. The zero-order valence-corrected chi connectivity index (χ0v) is 4.33. The molecule has 0 aliphatic heterocycles. The Hall–Kier alpha value is -1.04. The fourth-order valence-electron chi connectivity index (χ4n) is 0.0723. The molecule has 0 saturated heterocycles. The monoisotopic (exact) mass is 139 g/mol. The maximum atomic E-state index is 9.27. The first-order valence-corrected chi connectivity index (χ1v) is 1.81. The molecular formula is CH2ClN3O3. The molecule has 0 atom stereocenters. The van der Waals surface area contributed by atoms with Crippen molar-refractivity contribution in [3.05, 3.63) is 10.1 Å². The molecule has 7 heteroatoms. The van der Waals surface area contributed by atoms with Crippen LogP contribution in [-0.4, -0.2) is 10.4 Å². The average Bonchev–Trinajstić information content (AvgIpc) is 1.61. The lowest BCUT2D eigenvalue weighted by Crippen LogP contribution is -2.04. The third kappa shape index (κ3) is 4.96. The first-order chi connectivity index (χ1) is 3.63. The van der Waals surface area contributed by atoms with E-state index >= 15 is 0 Å². The molecule has 0 radical (unpaired) electrons. The van der Waals surface area contributed by atoms with E-state index in [0.717, 1.165) is 0 Å². The smallest absolute Gasteiger partial charge is 0.339 e. The molecule has 0 heterocycles. The first-order valence-electron chi connectivity index (χ1n) is 1.43. The highest BCUT2D eigenvalue weighted by Crippen LogP contribution is 1.78. The largest absolute Gasteiger partial charge is 0.350 e. The van der Waals surface area contributed by atoms with Crippen LogP contribution in [0.3, 0.4) is 0 Å². The lowest BCUT2D eigenvalue weighted by atomic mass is 11.4. The molecular weight excluding hydrogens is 137 g/mol. The summed E-state index contributed by atoms with van der Waals surface area (Å²) in [5, 5.41) is 10.2. The SMILES string of the molecule is N/C(Cl)=N/O[N+](=O)[O-]. The van der Waals surface area contributed by atoms with Gasteiger partial charge in [-0.05, 0) is 11.6 Å². The van der Waals surface area contributed by atoms with Crippen molar-refractivity contribution in [3.8, 4) is 0 Å². The Labute approximate surface area is 49.0 Å². The van der Waals surface area contributed by atoms with E-state index in [9.17, 15) is 10.1 Å². The van der Waals surface area contributed by atoms with Gasteiger partial charge >= 0.3 is 5.29 Å². The summed E-state index contributed by atoms with van der Waals surface area (Å²) in [6.07, 6.45) is 0. The van der Waals surface area contributed by atoms with E-state index in [1.807, 2.05) is 0 Å². The summed E-state index contributed by atoms with van der Waals surface area (Å²) in [6, 6.07) is 0. The summed E-state index contributed by atoms with van der Waals surface area (Å²) >= 11 is 4.82. The Morgan fingerprint density at radius 2 is 2.50 bits per heavy atom. The van der Waals surface area contributed by atoms with Gasteiger partial charge in [-0.15, -0.1) is 0 Å². The zero-order chi connectivity index (χ0) is 6.57. The molecule has 6 nitrogen and oxygen atoms in total. The van der Waals surface area contributed by atoms with E-state index in [1.54, 1.807) is 0 Å². The Bertz CT molecular complexity index is 118. The number of hydrogen-bond acceptors (Lipinski definition) is 4. The van der Waals surface area contributed by atoms with E-state index < -0.39 is 10.4 Å². The molecule has 0 aromatic heterocycles. The molecule has 8 heavy (non-hydrogen) atoms. The summed E-state index contributed by atoms with van der Waals surface area (Å²) in [5.41, 5.74) is 4.63. The molecule has 0 rings (SSSR count). The van der Waals surface area contributed by atoms with Crippen LogP contribution in [0.25, 0.3) is 0 Å². The van der Waals surface area contributed by atoms with Gasteiger partial charge in [0.1, 0.15) is 5.16 Å². The summed E-state index contributed by atoms with van der Waals surface area (Å²) in [6.45, 7) is 0. The van der Waals surface area contributed by atoms with Crippen molar-refractivity contribution in [2.24, 2.45) is 10.9 Å². The van der Waals surface area contributed by atoms with Gasteiger partial charge in [-0.25, -0.2) is 10.1 Å². The van der Waals surface area contributed by atoms with Gasteiger partial charge in [0, 0.05) is 0 Å². The summed E-state index contributed by atoms with van der Waals surface area (Å²) < 4.78 is 0. The van der Waals surface area contributed by atoms with E-state index in [0.29, 0.717) is 0 Å². The van der Waals surface area contributed by atoms with Gasteiger partial charge in [0.15, 0.2) is 5.09 Å². The molecule has 0 aliphatic rings. The second-order valence-electron chi connectivity index (χ2n) is 0.719. The fourth-order valence-corrected chi connectivity index (χ4v) is 0.103. The van der Waals surface area contributed by atoms with Crippen molar-refractivity contribution in [2.75, 3.05) is 0 Å². The lowest BCUT2D eigenvalue weighted by molar-refractivity contribution is -0.760. The topological polar surface area (TPSA) is 90.8 Å². The number of oxime groups is 1. The zero-order valence-electron chi connectivity index (χ0n) is 3.57. The predicted octanol–water partition coefficient (Wildman–Crippen LogP) is -0.337. The van der Waals surface area contributed by atoms with Gasteiger partial charge < -0.3 is 5.73 Å². The Morgan fingerprint density at radius 1 is 2.00 bits per heavy atom. The van der Waals surface area contributed by atoms with E-state index in [4.69, 9.17) is 11.6 Å². The number of amidine groups is 1. The quantitative estimate of drug-likeness (QED) is 0.186. The molecule has 0 aromatic rings. The van der Waals surface area contributed by atoms with Crippen LogP contribution >= 0.6 is 11.6 Å². The van der Waals surface area contributed by atoms with Crippen molar-refractivity contribution in [2.45, 2.75) is 0 Å². The highest BCUT2D eigenvalue weighted by atomic mass is 35.5. The number of nitrogens with two attached hydrogens (primary N) is 1. The van der Waals surface area contributed by atoms with Crippen LogP contribution in [0.15, 0.2) is 5.16 Å². The molecule has 0 aromatic carbocycles. The van der Waals surface area contributed by atoms with Gasteiger partial charge in [0.05, 0.1) is 0 Å². The number of halogens is 1. The standard InChI is InChI=1S/CH2ClN3O3/c2-1(3)4-8-5(6)7/h(H2,3,4). The number of nitrogens with zero attached hydrogens (tertiary/aromatic N) is 2. The van der Waals surface area contributed by atoms with E-state index in [-0.39, 0.29) is 0 Å². The summed E-state index contributed by atoms with van der Waals surface area (Å²) in [5.74, 6) is 0. The summed E-state index contributed by atoms with van der Waals surface area (Å²) in [7, 11) is 0. The Kier molecular flexibility index (Phi) is 2.63. The molecule has 0 bridgehead atoms. The highest BCUT2D eigenvalue weighted by molar-refractivity contribution is 6.64. The van der Waals surface area contributed by atoms with Crippen LogP contribution < -0.4 is 5.73 Å². The van der Waals surface area contributed by atoms with Crippen LogP contribution in [0.4, 0.5) is 0 Å². The van der Waals surface area contributed by atoms with Crippen molar-refractivity contribution >= 4 is 16.9 Å². The minimum atomic E-state index is -1.13. The minimum Gasteiger partial charge on any atom is -0.350 e. The molecule has 0 saturated carbocycles. The third-order valence-corrected chi connectivity index (χ3v) is 0.264. The number of hydrogen-bond donors (Lipinski definition) is 1. The maximum Gasteiger partial charge on any atom is 0.339 e. The van der Waals surface area contributed by atoms with Crippen LogP contribution in [0.2, 0.25) is 0 Å². The van der Waals surface area contributed by atoms with Crippen LogP contribution in [-0.2, 0) is 4.94 Å². The average molecular weight is 139 g/mol. The van der Waals surface area contributed by atoms with Gasteiger partial charge in [-0.3, -0.25) is 0 Å². The highest BCUT2D eigenvalue weighted by Gasteiger charge is 1.90. The van der Waals surface area contributed by atoms with Crippen LogP contribution in [0, 0.1) is 10.1 Å². The number of rotatable bonds is 2. The summed E-state index contributed by atoms with van der Waals surface area (Å²) in [4.78, 5) is 12.6. The molecule has 0 fully saturated rings. The Balaban J connectivity index is 3.45. The molecule has 0 aliphatic carbocycles.